The van der Waals surface area contributed by atoms with Gasteiger partial charge in [-0.3, -0.25) is 4.98 Å². The van der Waals surface area contributed by atoms with Crippen LogP contribution in [0.5, 0.6) is 5.75 Å². The van der Waals surface area contributed by atoms with Gasteiger partial charge in [0.15, 0.2) is 0 Å². The molecule has 0 unspecified atom stereocenters. The third kappa shape index (κ3) is 3.19. The topological polar surface area (TPSA) is 65.7 Å². The number of hydrogen-bond acceptors (Lipinski definition) is 6. The van der Waals surface area contributed by atoms with Crippen molar-refractivity contribution in [3.8, 4) is 11.4 Å². The predicted octanol–water partition coefficient (Wildman–Crippen LogP) is 2.98. The summed E-state index contributed by atoms with van der Waals surface area (Å²) in [7, 11) is 1.68. The second-order valence-corrected chi connectivity index (χ2v) is 5.99. The first-order valence-electron chi connectivity index (χ1n) is 7.16. The van der Waals surface area contributed by atoms with Gasteiger partial charge in [0.05, 0.1) is 18.5 Å². The third-order valence-corrected chi connectivity index (χ3v) is 4.46. The Labute approximate surface area is 138 Å². The van der Waals surface area contributed by atoms with Crippen molar-refractivity contribution in [2.24, 2.45) is 0 Å². The quantitative estimate of drug-likeness (QED) is 0.671. The molecule has 0 amide bonds. The Bertz CT molecular complexity index is 803. The summed E-state index contributed by atoms with van der Waals surface area (Å²) in [4.78, 5) is 4.51. The number of para-hydroxylation sites is 1. The van der Waals surface area contributed by atoms with E-state index in [2.05, 4.69) is 20.5 Å². The maximum atomic E-state index is 5.45. The molecule has 0 bridgehead atoms. The number of benzene rings is 1. The van der Waals surface area contributed by atoms with Gasteiger partial charge < -0.3 is 4.74 Å². The van der Waals surface area contributed by atoms with Crippen LogP contribution in [0.2, 0.25) is 0 Å². The monoisotopic (exact) mass is 327 g/mol. The molecular weight excluding hydrogens is 310 g/mol. The van der Waals surface area contributed by atoms with Crippen LogP contribution in [-0.2, 0) is 5.75 Å². The average Bonchev–Trinajstić information content (AvgIpc) is 3.04. The standard InChI is InChI=1S/C16H17N5OS/c1-11-9-17-14(12(2)15(11)22-3)10-23-16-18-19-20-21(16)13-7-5-4-6-8-13/h4-9H,10H2,1-3H3. The molecule has 0 fully saturated rings. The molecule has 2 aromatic heterocycles. The van der Waals surface area contributed by atoms with Crippen LogP contribution in [0, 0.1) is 13.8 Å². The van der Waals surface area contributed by atoms with Crippen LogP contribution in [-0.4, -0.2) is 32.3 Å². The van der Waals surface area contributed by atoms with Crippen molar-refractivity contribution in [1.29, 1.82) is 0 Å². The van der Waals surface area contributed by atoms with Crippen molar-refractivity contribution >= 4 is 11.8 Å². The van der Waals surface area contributed by atoms with E-state index in [1.54, 1.807) is 23.6 Å². The Hall–Kier alpha value is -2.41. The highest BCUT2D eigenvalue weighted by molar-refractivity contribution is 7.98. The van der Waals surface area contributed by atoms with E-state index in [-0.39, 0.29) is 0 Å². The summed E-state index contributed by atoms with van der Waals surface area (Å²) in [6.07, 6.45) is 1.84. The number of aromatic nitrogens is 5. The molecule has 0 radical (unpaired) electrons. The number of hydrogen-bond donors (Lipinski definition) is 0. The highest BCUT2D eigenvalue weighted by atomic mass is 32.2. The number of pyridine rings is 1. The minimum atomic E-state index is 0.676. The van der Waals surface area contributed by atoms with Gasteiger partial charge in [0.1, 0.15) is 5.75 Å². The second kappa shape index (κ2) is 6.78. The Morgan fingerprint density at radius 3 is 2.70 bits per heavy atom. The lowest BCUT2D eigenvalue weighted by molar-refractivity contribution is 0.407. The van der Waals surface area contributed by atoms with E-state index in [1.165, 1.54) is 0 Å². The molecule has 6 nitrogen and oxygen atoms in total. The first-order valence-corrected chi connectivity index (χ1v) is 8.15. The lowest BCUT2D eigenvalue weighted by atomic mass is 10.1. The van der Waals surface area contributed by atoms with Gasteiger partial charge in [0.25, 0.3) is 0 Å². The molecule has 0 N–H and O–H groups in total. The Morgan fingerprint density at radius 1 is 1.17 bits per heavy atom. The average molecular weight is 327 g/mol. The number of ether oxygens (including phenoxy) is 1. The molecule has 7 heteroatoms. The molecule has 3 rings (SSSR count). The van der Waals surface area contributed by atoms with Crippen LogP contribution in [0.25, 0.3) is 5.69 Å². The van der Waals surface area contributed by atoms with Gasteiger partial charge >= 0.3 is 0 Å². The smallest absolute Gasteiger partial charge is 0.214 e. The molecule has 0 aliphatic carbocycles. The molecule has 0 aliphatic heterocycles. The van der Waals surface area contributed by atoms with Gasteiger partial charge in [-0.2, -0.15) is 4.68 Å². The molecule has 3 aromatic rings. The number of aryl methyl sites for hydroxylation is 1. The van der Waals surface area contributed by atoms with Crippen LogP contribution in [0.4, 0.5) is 0 Å². The summed E-state index contributed by atoms with van der Waals surface area (Å²) < 4.78 is 7.18. The molecule has 23 heavy (non-hydrogen) atoms. The Balaban J connectivity index is 1.82. The molecule has 2 heterocycles. The first-order chi connectivity index (χ1) is 11.2. The number of rotatable bonds is 5. The van der Waals surface area contributed by atoms with Gasteiger partial charge in [-0.25, -0.2) is 0 Å². The Morgan fingerprint density at radius 2 is 1.96 bits per heavy atom. The summed E-state index contributed by atoms with van der Waals surface area (Å²) in [6.45, 7) is 4.01. The molecule has 0 spiro atoms. The maximum absolute atomic E-state index is 5.45. The SMILES string of the molecule is COc1c(C)cnc(CSc2nnnn2-c2ccccc2)c1C. The minimum absolute atomic E-state index is 0.676. The van der Waals surface area contributed by atoms with Gasteiger partial charge in [0, 0.05) is 23.1 Å². The van der Waals surface area contributed by atoms with E-state index in [0.717, 1.165) is 33.4 Å². The molecule has 0 saturated heterocycles. The molecule has 1 aromatic carbocycles. The third-order valence-electron chi connectivity index (χ3n) is 3.53. The molecule has 118 valence electrons. The van der Waals surface area contributed by atoms with Crippen molar-refractivity contribution in [3.05, 3.63) is 53.3 Å². The van der Waals surface area contributed by atoms with Crippen molar-refractivity contribution in [3.63, 3.8) is 0 Å². The fourth-order valence-electron chi connectivity index (χ4n) is 2.35. The van der Waals surface area contributed by atoms with Gasteiger partial charge in [-0.05, 0) is 36.4 Å². The number of tetrazole rings is 1. The second-order valence-electron chi connectivity index (χ2n) is 5.04. The van der Waals surface area contributed by atoms with Crippen LogP contribution in [0.3, 0.4) is 0 Å². The van der Waals surface area contributed by atoms with E-state index in [4.69, 9.17) is 4.74 Å². The first kappa shape index (κ1) is 15.5. The van der Waals surface area contributed by atoms with Crippen LogP contribution in [0.15, 0.2) is 41.7 Å². The number of nitrogens with zero attached hydrogens (tertiary/aromatic N) is 5. The lowest BCUT2D eigenvalue weighted by Crippen LogP contribution is -2.01. The number of thioether (sulfide) groups is 1. The van der Waals surface area contributed by atoms with Gasteiger partial charge in [-0.1, -0.05) is 30.0 Å². The van der Waals surface area contributed by atoms with Crippen molar-refractivity contribution < 1.29 is 4.74 Å². The Kier molecular flexibility index (Phi) is 4.57. The van der Waals surface area contributed by atoms with Crippen LogP contribution < -0.4 is 4.74 Å². The van der Waals surface area contributed by atoms with Crippen LogP contribution in [0.1, 0.15) is 16.8 Å². The fourth-order valence-corrected chi connectivity index (χ4v) is 3.26. The summed E-state index contributed by atoms with van der Waals surface area (Å²) >= 11 is 1.55. The summed E-state index contributed by atoms with van der Waals surface area (Å²) in [5, 5.41) is 12.7. The highest BCUT2D eigenvalue weighted by Crippen LogP contribution is 2.28. The summed E-state index contributed by atoms with van der Waals surface area (Å²) in [5.74, 6) is 1.56. The van der Waals surface area contributed by atoms with E-state index in [1.807, 2.05) is 50.4 Å². The predicted molar refractivity (Wildman–Crippen MR) is 89.0 cm³/mol. The zero-order chi connectivity index (χ0) is 16.2. The normalized spacial score (nSPS) is 10.7. The van der Waals surface area contributed by atoms with E-state index >= 15 is 0 Å². The fraction of sp³-hybridized carbons (Fsp3) is 0.250. The molecular formula is C16H17N5OS. The maximum Gasteiger partial charge on any atom is 0.214 e. The zero-order valence-corrected chi connectivity index (χ0v) is 14.0. The van der Waals surface area contributed by atoms with Gasteiger partial charge in [0.2, 0.25) is 5.16 Å². The molecule has 0 aliphatic rings. The lowest BCUT2D eigenvalue weighted by Gasteiger charge is -2.11. The summed E-state index contributed by atoms with van der Waals surface area (Å²) in [5.41, 5.74) is 4.00. The van der Waals surface area contributed by atoms with Gasteiger partial charge in [-0.15, -0.1) is 5.10 Å². The van der Waals surface area contributed by atoms with Crippen molar-refractivity contribution in [2.45, 2.75) is 24.8 Å². The largest absolute Gasteiger partial charge is 0.496 e. The zero-order valence-electron chi connectivity index (χ0n) is 13.2. The van der Waals surface area contributed by atoms with E-state index in [0.29, 0.717) is 5.75 Å². The molecule has 0 saturated carbocycles. The van der Waals surface area contributed by atoms with E-state index < -0.39 is 0 Å². The molecule has 0 atom stereocenters. The summed E-state index contributed by atoms with van der Waals surface area (Å²) in [6, 6.07) is 9.83. The highest BCUT2D eigenvalue weighted by Gasteiger charge is 2.13. The minimum Gasteiger partial charge on any atom is -0.496 e. The number of methoxy groups -OCH3 is 1. The van der Waals surface area contributed by atoms with Crippen LogP contribution >= 0.6 is 11.8 Å². The van der Waals surface area contributed by atoms with E-state index in [9.17, 15) is 0 Å². The van der Waals surface area contributed by atoms with Crippen molar-refractivity contribution in [1.82, 2.24) is 25.2 Å². The van der Waals surface area contributed by atoms with Crippen molar-refractivity contribution in [2.75, 3.05) is 7.11 Å².